The van der Waals surface area contributed by atoms with E-state index in [-0.39, 0.29) is 60.7 Å². The fourth-order valence-electron chi connectivity index (χ4n) is 0. The van der Waals surface area contributed by atoms with Crippen molar-refractivity contribution in [1.82, 2.24) is 0 Å². The maximum atomic E-state index is 6.25. The summed E-state index contributed by atoms with van der Waals surface area (Å²) in [5, 5.41) is 6.25. The molecule has 0 aromatic rings. The average molecular weight is 167 g/mol. The molecule has 0 atom stereocenters. The van der Waals surface area contributed by atoms with E-state index in [0.29, 0.717) is 0 Å². The fourth-order valence-corrected chi connectivity index (χ4v) is 0. The van der Waals surface area contributed by atoms with Crippen LogP contribution in [0, 0.1) is 11.8 Å². The molecule has 0 aromatic carbocycles. The Morgan fingerprint density at radius 1 is 1.00 bits per heavy atom. The van der Waals surface area contributed by atoms with Gasteiger partial charge in [0.25, 0.3) is 0 Å². The Hall–Kier alpha value is 1.19. The van der Waals surface area contributed by atoms with Crippen molar-refractivity contribution < 1.29 is 60.7 Å². The zero-order valence-electron chi connectivity index (χ0n) is 3.00. The molecule has 35 valence electrons. The van der Waals surface area contributed by atoms with Gasteiger partial charge in [-0.25, -0.2) is 0 Å². The predicted octanol–water partition coefficient (Wildman–Crippen LogP) is -8.89. The summed E-state index contributed by atoms with van der Waals surface area (Å²) in [6.07, 6.45) is 0. The average Bonchev–Trinajstić information content (AvgIpc) is 1.00. The van der Waals surface area contributed by atoms with Crippen LogP contribution in [0.1, 0.15) is 0 Å². The molecule has 0 saturated carbocycles. The molecule has 0 aromatic heterocycles. The third kappa shape index (κ3) is 64.5. The monoisotopic (exact) mass is 166 g/mol. The minimum atomic E-state index is 0. The van der Waals surface area contributed by atoms with E-state index in [1.807, 2.05) is 0 Å². The summed E-state index contributed by atoms with van der Waals surface area (Å²) >= 11 is 0. The second-order valence-corrected chi connectivity index (χ2v) is 0. The predicted molar refractivity (Wildman–Crippen MR) is 4.97 cm³/mol. The third-order valence-corrected chi connectivity index (χ3v) is 0. The van der Waals surface area contributed by atoms with Gasteiger partial charge in [0.2, 0.25) is 0 Å². The zero-order valence-corrected chi connectivity index (χ0v) is 5.46. The quantitative estimate of drug-likeness (QED) is 0.260. The van der Waals surface area contributed by atoms with Gasteiger partial charge in [-0.2, -0.15) is 0 Å². The van der Waals surface area contributed by atoms with Crippen LogP contribution in [0.3, 0.4) is 0 Å². The molecule has 0 unspecified atom stereocenters. The van der Waals surface area contributed by atoms with Crippen molar-refractivity contribution in [1.29, 1.82) is 5.26 Å². The van der Waals surface area contributed by atoms with E-state index in [1.54, 1.807) is 0 Å². The number of hydrogen-bond donors (Lipinski definition) is 0. The van der Waals surface area contributed by atoms with E-state index in [0.717, 1.165) is 0 Å². The van der Waals surface area contributed by atoms with Crippen molar-refractivity contribution in [2.24, 2.45) is 0 Å². The van der Waals surface area contributed by atoms with Crippen molar-refractivity contribution in [2.75, 3.05) is 0 Å². The third-order valence-electron chi connectivity index (χ3n) is 0. The summed E-state index contributed by atoms with van der Waals surface area (Å²) in [5.41, 5.74) is 0. The Morgan fingerprint density at radius 3 is 1.00 bits per heavy atom. The first-order valence-electron chi connectivity index (χ1n) is 0.224. The van der Waals surface area contributed by atoms with E-state index >= 15 is 0 Å². The molecule has 0 aliphatic heterocycles. The molecule has 0 bridgehead atoms. The summed E-state index contributed by atoms with van der Waals surface area (Å²) in [5.74, 6) is 0. The fraction of sp³-hybridized carbons (Fsp3) is 0. The molecule has 5 heteroatoms. The molecule has 0 fully saturated rings. The largest absolute Gasteiger partial charge is 2.00 e. The van der Waals surface area contributed by atoms with Gasteiger partial charge in [-0.15, -0.1) is 0 Å². The first-order chi connectivity index (χ1) is 1.00. The smallest absolute Gasteiger partial charge is 1.00 e. The van der Waals surface area contributed by atoms with Gasteiger partial charge in [0.15, 0.2) is 0 Å². The van der Waals surface area contributed by atoms with Crippen molar-refractivity contribution in [3.8, 4) is 0 Å². The maximum absolute atomic E-state index is 6.25. The number of hydrogen-bond acceptors (Lipinski definition) is 1. The van der Waals surface area contributed by atoms with Crippen LogP contribution in [0.2, 0.25) is 0 Å². The molecule has 0 spiro atoms. The molecule has 0 aliphatic carbocycles. The van der Waals surface area contributed by atoms with E-state index in [9.17, 15) is 0 Å². The van der Waals surface area contributed by atoms with Crippen LogP contribution in [0.15, 0.2) is 0 Å². The van der Waals surface area contributed by atoms with Gasteiger partial charge in [-0.3, -0.25) is 0 Å². The molecule has 0 N–H and O–H groups in total. The zero-order chi connectivity index (χ0) is 2.00. The molecule has 0 amide bonds. The Morgan fingerprint density at radius 2 is 1.00 bits per heavy atom. The van der Waals surface area contributed by atoms with Gasteiger partial charge in [-0.05, 0) is 0 Å². The Labute approximate surface area is 72.3 Å². The maximum Gasteiger partial charge on any atom is 2.00 e. The van der Waals surface area contributed by atoms with Crippen LogP contribution in [-0.2, 0) is 17.1 Å². The Kier molecular flexibility index (Phi) is 1130. The summed E-state index contributed by atoms with van der Waals surface area (Å²) in [4.78, 5) is 0. The van der Waals surface area contributed by atoms with Crippen LogP contribution < -0.4 is 43.7 Å². The molecule has 1 radical (unpaired) electrons. The van der Waals surface area contributed by atoms with Gasteiger partial charge in [0.1, 0.15) is 0 Å². The van der Waals surface area contributed by atoms with Crippen LogP contribution in [0.4, 0.5) is 0 Å². The van der Waals surface area contributed by atoms with Gasteiger partial charge in [-0.1, -0.05) is 0 Å². The SMILES string of the molecule is [C-]#N.[Cl-].[Cl-].[Cu+2].[Li+]. The molecule has 6 heavy (non-hydrogen) atoms. The molecular weight excluding hydrogens is 167 g/mol. The first kappa shape index (κ1) is 57.5. The standard InChI is InChI=1S/CN.2ClH.Cu.Li/c1-2;;;;/h;2*1H;;/q-1;;;+2;+1/p-2. The van der Waals surface area contributed by atoms with Crippen LogP contribution in [0.25, 0.3) is 0 Å². The van der Waals surface area contributed by atoms with Crippen molar-refractivity contribution in [3.63, 3.8) is 0 Å². The van der Waals surface area contributed by atoms with Crippen LogP contribution in [0.5, 0.6) is 0 Å². The minimum absolute atomic E-state index is 0. The van der Waals surface area contributed by atoms with E-state index in [2.05, 4.69) is 0 Å². The van der Waals surface area contributed by atoms with Crippen molar-refractivity contribution >= 4 is 0 Å². The van der Waals surface area contributed by atoms with Gasteiger partial charge in [0.05, 0.1) is 0 Å². The van der Waals surface area contributed by atoms with Crippen molar-refractivity contribution in [3.05, 3.63) is 6.57 Å². The Balaban J connectivity index is -0.000000000833. The van der Waals surface area contributed by atoms with Crippen LogP contribution >= 0.6 is 0 Å². The topological polar surface area (TPSA) is 23.8 Å². The van der Waals surface area contributed by atoms with E-state index in [4.69, 9.17) is 11.8 Å². The normalized spacial score (nSPS) is 0.333. The molecule has 1 nitrogen and oxygen atoms in total. The molecule has 0 saturated heterocycles. The van der Waals surface area contributed by atoms with E-state index < -0.39 is 0 Å². The Bertz CT molecular complexity index is 18.3. The van der Waals surface area contributed by atoms with Crippen molar-refractivity contribution in [2.45, 2.75) is 0 Å². The summed E-state index contributed by atoms with van der Waals surface area (Å²) in [7, 11) is 0. The molecule has 0 rings (SSSR count). The number of nitrogens with zero attached hydrogens (tertiary/aromatic N) is 1. The summed E-state index contributed by atoms with van der Waals surface area (Å²) < 4.78 is 0. The second kappa shape index (κ2) is 118. The van der Waals surface area contributed by atoms with Gasteiger partial charge >= 0.3 is 35.9 Å². The second-order valence-electron chi connectivity index (χ2n) is 0. The van der Waals surface area contributed by atoms with E-state index in [1.165, 1.54) is 0 Å². The minimum Gasteiger partial charge on any atom is -1.00 e. The number of rotatable bonds is 0. The van der Waals surface area contributed by atoms with Gasteiger partial charge < -0.3 is 36.6 Å². The van der Waals surface area contributed by atoms with Gasteiger partial charge in [0, 0.05) is 0 Å². The first-order valence-corrected chi connectivity index (χ1v) is 0.224. The summed E-state index contributed by atoms with van der Waals surface area (Å²) in [6, 6.07) is 0. The number of halogens is 2. The van der Waals surface area contributed by atoms with Crippen LogP contribution in [-0.4, -0.2) is 0 Å². The molecule has 0 heterocycles. The summed E-state index contributed by atoms with van der Waals surface area (Å²) in [6.45, 7) is 4.75. The molecule has 0 aliphatic rings. The molecular formula is CCl2CuLiN.